The lowest BCUT2D eigenvalue weighted by atomic mass is 9.90. The van der Waals surface area contributed by atoms with E-state index in [1.807, 2.05) is 12.4 Å². The maximum atomic E-state index is 4.19. The van der Waals surface area contributed by atoms with Gasteiger partial charge in [0.25, 0.3) is 0 Å². The second-order valence-corrected chi connectivity index (χ2v) is 5.89. The normalized spacial score (nSPS) is 11.3. The minimum Gasteiger partial charge on any atom is -0.264 e. The highest BCUT2D eigenvalue weighted by Gasteiger charge is 2.09. The Morgan fingerprint density at radius 2 is 1.47 bits per heavy atom. The molecule has 0 spiro atoms. The third-order valence-corrected chi connectivity index (χ3v) is 3.64. The number of nitrogens with zero attached hydrogens (tertiary/aromatic N) is 1. The Morgan fingerprint density at radius 3 is 1.95 bits per heavy atom. The first-order chi connectivity index (χ1) is 8.99. The van der Waals surface area contributed by atoms with Crippen molar-refractivity contribution in [1.29, 1.82) is 0 Å². The lowest BCUT2D eigenvalue weighted by Crippen LogP contribution is -1.96. The molecule has 2 aromatic rings. The SMILES string of the molecule is Cc1cnccc1-c1cc(C(C)C)cc(C(C)C)c1. The van der Waals surface area contributed by atoms with E-state index in [4.69, 9.17) is 0 Å². The van der Waals surface area contributed by atoms with Gasteiger partial charge in [-0.25, -0.2) is 0 Å². The van der Waals surface area contributed by atoms with Crippen molar-refractivity contribution in [2.45, 2.75) is 46.5 Å². The zero-order valence-corrected chi connectivity index (χ0v) is 12.6. The molecule has 100 valence electrons. The van der Waals surface area contributed by atoms with Crippen LogP contribution in [0.1, 0.15) is 56.2 Å². The van der Waals surface area contributed by atoms with E-state index in [2.05, 4.69) is 63.9 Å². The summed E-state index contributed by atoms with van der Waals surface area (Å²) in [5, 5.41) is 0. The van der Waals surface area contributed by atoms with E-state index in [0.717, 1.165) is 0 Å². The maximum Gasteiger partial charge on any atom is 0.0303 e. The molecule has 0 aliphatic rings. The van der Waals surface area contributed by atoms with E-state index in [1.54, 1.807) is 0 Å². The Labute approximate surface area is 116 Å². The van der Waals surface area contributed by atoms with Crippen LogP contribution in [0.5, 0.6) is 0 Å². The van der Waals surface area contributed by atoms with E-state index in [0.29, 0.717) is 11.8 Å². The lowest BCUT2D eigenvalue weighted by molar-refractivity contribution is 0.834. The summed E-state index contributed by atoms with van der Waals surface area (Å²) in [6.07, 6.45) is 3.81. The summed E-state index contributed by atoms with van der Waals surface area (Å²) in [6, 6.07) is 9.09. The highest BCUT2D eigenvalue weighted by molar-refractivity contribution is 5.68. The fourth-order valence-corrected chi connectivity index (χ4v) is 2.30. The first-order valence-corrected chi connectivity index (χ1v) is 7.05. The van der Waals surface area contributed by atoms with Crippen LogP contribution < -0.4 is 0 Å². The predicted octanol–water partition coefficient (Wildman–Crippen LogP) is 5.30. The summed E-state index contributed by atoms with van der Waals surface area (Å²) in [7, 11) is 0. The van der Waals surface area contributed by atoms with Gasteiger partial charge < -0.3 is 0 Å². The van der Waals surface area contributed by atoms with Crippen LogP contribution in [0.3, 0.4) is 0 Å². The highest BCUT2D eigenvalue weighted by Crippen LogP contribution is 2.30. The number of pyridine rings is 1. The minimum atomic E-state index is 0.555. The number of hydrogen-bond acceptors (Lipinski definition) is 1. The van der Waals surface area contributed by atoms with E-state index >= 15 is 0 Å². The monoisotopic (exact) mass is 253 g/mol. The number of aryl methyl sites for hydroxylation is 1. The summed E-state index contributed by atoms with van der Waals surface area (Å²) >= 11 is 0. The molecule has 2 rings (SSSR count). The van der Waals surface area contributed by atoms with Gasteiger partial charge in [-0.05, 0) is 52.6 Å². The lowest BCUT2D eigenvalue weighted by Gasteiger charge is -2.15. The van der Waals surface area contributed by atoms with E-state index in [-0.39, 0.29) is 0 Å². The molecular formula is C18H23N. The molecule has 1 heterocycles. The average Bonchev–Trinajstić information content (AvgIpc) is 2.38. The van der Waals surface area contributed by atoms with Crippen LogP contribution in [0.2, 0.25) is 0 Å². The van der Waals surface area contributed by atoms with Gasteiger partial charge in [0.05, 0.1) is 0 Å². The number of hydrogen-bond donors (Lipinski definition) is 0. The van der Waals surface area contributed by atoms with Crippen molar-refractivity contribution in [2.75, 3.05) is 0 Å². The van der Waals surface area contributed by atoms with Gasteiger partial charge in [0.1, 0.15) is 0 Å². The van der Waals surface area contributed by atoms with Crippen molar-refractivity contribution < 1.29 is 0 Å². The molecule has 0 aliphatic heterocycles. The molecule has 0 atom stereocenters. The Bertz CT molecular complexity index is 541. The molecule has 0 N–H and O–H groups in total. The summed E-state index contributed by atoms with van der Waals surface area (Å²) in [4.78, 5) is 4.19. The maximum absolute atomic E-state index is 4.19. The van der Waals surface area contributed by atoms with E-state index in [9.17, 15) is 0 Å². The van der Waals surface area contributed by atoms with Gasteiger partial charge in [0.2, 0.25) is 0 Å². The van der Waals surface area contributed by atoms with Crippen LogP contribution in [0.25, 0.3) is 11.1 Å². The number of rotatable bonds is 3. The van der Waals surface area contributed by atoms with Crippen LogP contribution in [0, 0.1) is 6.92 Å². The van der Waals surface area contributed by atoms with Crippen LogP contribution >= 0.6 is 0 Å². The molecule has 0 radical (unpaired) electrons. The van der Waals surface area contributed by atoms with E-state index < -0.39 is 0 Å². The molecule has 1 aromatic heterocycles. The summed E-state index contributed by atoms with van der Waals surface area (Å²) < 4.78 is 0. The molecule has 0 fully saturated rings. The first-order valence-electron chi connectivity index (χ1n) is 7.05. The van der Waals surface area contributed by atoms with Gasteiger partial charge in [-0.2, -0.15) is 0 Å². The summed E-state index contributed by atoms with van der Waals surface area (Å²) in [5.41, 5.74) is 6.67. The van der Waals surface area contributed by atoms with Crippen molar-refractivity contribution in [3.8, 4) is 11.1 Å². The molecule has 1 nitrogen and oxygen atoms in total. The number of benzene rings is 1. The van der Waals surface area contributed by atoms with Crippen LogP contribution in [-0.2, 0) is 0 Å². The van der Waals surface area contributed by atoms with Crippen molar-refractivity contribution in [2.24, 2.45) is 0 Å². The smallest absolute Gasteiger partial charge is 0.0303 e. The number of aromatic nitrogens is 1. The van der Waals surface area contributed by atoms with Gasteiger partial charge >= 0.3 is 0 Å². The molecule has 0 bridgehead atoms. The molecule has 0 aliphatic carbocycles. The van der Waals surface area contributed by atoms with Crippen molar-refractivity contribution in [1.82, 2.24) is 4.98 Å². The standard InChI is InChI=1S/C18H23N/c1-12(2)15-8-16(13(3)4)10-17(9-15)18-6-7-19-11-14(18)5/h6-13H,1-5H3. The molecule has 0 saturated heterocycles. The second-order valence-electron chi connectivity index (χ2n) is 5.89. The van der Waals surface area contributed by atoms with Crippen LogP contribution in [0.4, 0.5) is 0 Å². The molecular weight excluding hydrogens is 230 g/mol. The first kappa shape index (κ1) is 13.8. The third-order valence-electron chi connectivity index (χ3n) is 3.64. The average molecular weight is 253 g/mol. The van der Waals surface area contributed by atoms with Crippen LogP contribution in [0.15, 0.2) is 36.7 Å². The Kier molecular flexibility index (Phi) is 4.04. The zero-order valence-electron chi connectivity index (χ0n) is 12.6. The summed E-state index contributed by atoms with van der Waals surface area (Å²) in [6.45, 7) is 11.1. The molecule has 19 heavy (non-hydrogen) atoms. The fraction of sp³-hybridized carbons (Fsp3) is 0.389. The largest absolute Gasteiger partial charge is 0.264 e. The van der Waals surface area contributed by atoms with Gasteiger partial charge in [-0.15, -0.1) is 0 Å². The Hall–Kier alpha value is -1.63. The fourth-order valence-electron chi connectivity index (χ4n) is 2.30. The van der Waals surface area contributed by atoms with Gasteiger partial charge in [0.15, 0.2) is 0 Å². The van der Waals surface area contributed by atoms with Gasteiger partial charge in [-0.3, -0.25) is 4.98 Å². The predicted molar refractivity (Wildman–Crippen MR) is 82.6 cm³/mol. The molecule has 1 aromatic carbocycles. The third kappa shape index (κ3) is 3.04. The second kappa shape index (κ2) is 5.56. The van der Waals surface area contributed by atoms with Gasteiger partial charge in [0, 0.05) is 12.4 Å². The van der Waals surface area contributed by atoms with Crippen LogP contribution in [-0.4, -0.2) is 4.98 Å². The quantitative estimate of drug-likeness (QED) is 0.723. The van der Waals surface area contributed by atoms with Crippen molar-refractivity contribution in [3.63, 3.8) is 0 Å². The van der Waals surface area contributed by atoms with Crippen molar-refractivity contribution in [3.05, 3.63) is 53.3 Å². The topological polar surface area (TPSA) is 12.9 Å². The summed E-state index contributed by atoms with van der Waals surface area (Å²) in [5.74, 6) is 1.11. The molecule has 0 unspecified atom stereocenters. The molecule has 0 saturated carbocycles. The highest BCUT2D eigenvalue weighted by atomic mass is 14.6. The molecule has 0 amide bonds. The Morgan fingerprint density at radius 1 is 0.895 bits per heavy atom. The van der Waals surface area contributed by atoms with Crippen molar-refractivity contribution >= 4 is 0 Å². The molecule has 1 heteroatoms. The van der Waals surface area contributed by atoms with Gasteiger partial charge in [-0.1, -0.05) is 45.9 Å². The van der Waals surface area contributed by atoms with E-state index in [1.165, 1.54) is 27.8 Å². The minimum absolute atomic E-state index is 0.555. The Balaban J connectivity index is 2.60. The zero-order chi connectivity index (χ0) is 14.0.